The predicted octanol–water partition coefficient (Wildman–Crippen LogP) is 2.74. The van der Waals surface area contributed by atoms with Crippen molar-refractivity contribution < 1.29 is 23.1 Å². The fourth-order valence-corrected chi connectivity index (χ4v) is 1.55. The number of carbonyl (C=O) groups is 1. The summed E-state index contributed by atoms with van der Waals surface area (Å²) in [5.74, 6) is -0.417. The second kappa shape index (κ2) is 5.50. The summed E-state index contributed by atoms with van der Waals surface area (Å²) in [5.41, 5.74) is -0.339. The second-order valence-corrected chi connectivity index (χ2v) is 4.79. The molecule has 0 unspecified atom stereocenters. The summed E-state index contributed by atoms with van der Waals surface area (Å²) >= 11 is 0. The Morgan fingerprint density at radius 2 is 1.74 bits per heavy atom. The van der Waals surface area contributed by atoms with Crippen LogP contribution in [-0.2, 0) is 10.2 Å². The summed E-state index contributed by atoms with van der Waals surface area (Å²) in [7, 11) is 0. The summed E-state index contributed by atoms with van der Waals surface area (Å²) < 4.78 is 36.0. The van der Waals surface area contributed by atoms with Crippen molar-refractivity contribution in [1.29, 1.82) is 0 Å². The van der Waals surface area contributed by atoms with E-state index in [-0.39, 0.29) is 5.75 Å². The highest BCUT2D eigenvalue weighted by Crippen LogP contribution is 2.25. The van der Waals surface area contributed by atoms with Gasteiger partial charge in [-0.2, -0.15) is 13.2 Å². The van der Waals surface area contributed by atoms with Gasteiger partial charge < -0.3 is 10.4 Å². The van der Waals surface area contributed by atoms with Crippen molar-refractivity contribution in [2.75, 3.05) is 6.54 Å². The number of aromatic hydroxyl groups is 1. The molecule has 1 aromatic rings. The van der Waals surface area contributed by atoms with E-state index in [1.807, 2.05) is 0 Å². The van der Waals surface area contributed by atoms with Crippen molar-refractivity contribution in [3.8, 4) is 5.75 Å². The van der Waals surface area contributed by atoms with Gasteiger partial charge in [-0.1, -0.05) is 12.1 Å². The van der Waals surface area contributed by atoms with Crippen molar-refractivity contribution >= 4 is 5.91 Å². The van der Waals surface area contributed by atoms with Crippen LogP contribution in [0.2, 0.25) is 0 Å². The number of hydrogen-bond donors (Lipinski definition) is 2. The standard InChI is InChI=1S/C13H16F3NO2/c1-12(2,9-3-5-10(18)6-4-9)11(19)17-8-7-13(14,15)16/h3-6,18H,7-8H2,1-2H3,(H,17,19). The van der Waals surface area contributed by atoms with Crippen LogP contribution in [0.1, 0.15) is 25.8 Å². The van der Waals surface area contributed by atoms with Crippen molar-refractivity contribution in [2.24, 2.45) is 0 Å². The summed E-state index contributed by atoms with van der Waals surface area (Å²) in [6.45, 7) is 2.79. The maximum absolute atomic E-state index is 12.0. The van der Waals surface area contributed by atoms with Gasteiger partial charge in [-0.15, -0.1) is 0 Å². The smallest absolute Gasteiger partial charge is 0.390 e. The fourth-order valence-electron chi connectivity index (χ4n) is 1.55. The summed E-state index contributed by atoms with van der Waals surface area (Å²) in [6.07, 6.45) is -5.33. The van der Waals surface area contributed by atoms with Crippen molar-refractivity contribution in [2.45, 2.75) is 31.9 Å². The van der Waals surface area contributed by atoms with E-state index in [9.17, 15) is 18.0 Å². The van der Waals surface area contributed by atoms with Crippen LogP contribution in [-0.4, -0.2) is 23.7 Å². The molecule has 0 aliphatic carbocycles. The lowest BCUT2D eigenvalue weighted by molar-refractivity contribution is -0.136. The van der Waals surface area contributed by atoms with Gasteiger partial charge in [0.2, 0.25) is 5.91 Å². The van der Waals surface area contributed by atoms with Crippen LogP contribution >= 0.6 is 0 Å². The molecular weight excluding hydrogens is 259 g/mol. The van der Waals surface area contributed by atoms with Gasteiger partial charge in [0, 0.05) is 6.54 Å². The number of phenols is 1. The molecule has 0 saturated carbocycles. The Labute approximate surface area is 109 Å². The van der Waals surface area contributed by atoms with Crippen molar-refractivity contribution in [3.05, 3.63) is 29.8 Å². The Morgan fingerprint density at radius 3 is 2.21 bits per heavy atom. The van der Waals surface area contributed by atoms with Crippen molar-refractivity contribution in [3.63, 3.8) is 0 Å². The number of amides is 1. The minimum Gasteiger partial charge on any atom is -0.508 e. The molecule has 1 amide bonds. The van der Waals surface area contributed by atoms with E-state index in [0.29, 0.717) is 5.56 Å². The minimum atomic E-state index is -4.28. The monoisotopic (exact) mass is 275 g/mol. The van der Waals surface area contributed by atoms with Crippen LogP contribution in [0.15, 0.2) is 24.3 Å². The van der Waals surface area contributed by atoms with Gasteiger partial charge in [-0.25, -0.2) is 0 Å². The molecule has 1 aromatic carbocycles. The van der Waals surface area contributed by atoms with E-state index in [0.717, 1.165) is 0 Å². The van der Waals surface area contributed by atoms with Gasteiger partial charge in [0.1, 0.15) is 5.75 Å². The molecule has 0 aromatic heterocycles. The lowest BCUT2D eigenvalue weighted by Crippen LogP contribution is -2.41. The van der Waals surface area contributed by atoms with Crippen LogP contribution in [0.25, 0.3) is 0 Å². The third kappa shape index (κ3) is 4.46. The molecule has 0 heterocycles. The maximum Gasteiger partial charge on any atom is 0.390 e. The quantitative estimate of drug-likeness (QED) is 0.887. The minimum absolute atomic E-state index is 0.0667. The largest absolute Gasteiger partial charge is 0.508 e. The Balaban J connectivity index is 2.66. The van der Waals surface area contributed by atoms with Gasteiger partial charge in [0.05, 0.1) is 11.8 Å². The average Bonchev–Trinajstić information content (AvgIpc) is 2.27. The molecular formula is C13H16F3NO2. The first kappa shape index (κ1) is 15.3. The molecule has 0 aliphatic rings. The predicted molar refractivity (Wildman–Crippen MR) is 64.8 cm³/mol. The lowest BCUT2D eigenvalue weighted by atomic mass is 9.83. The first-order chi connectivity index (χ1) is 8.63. The number of benzene rings is 1. The highest BCUT2D eigenvalue weighted by Gasteiger charge is 2.31. The molecule has 3 nitrogen and oxygen atoms in total. The third-order valence-electron chi connectivity index (χ3n) is 2.85. The van der Waals surface area contributed by atoms with Crippen LogP contribution in [0, 0.1) is 0 Å². The molecule has 0 atom stereocenters. The highest BCUT2D eigenvalue weighted by molar-refractivity contribution is 5.87. The lowest BCUT2D eigenvalue weighted by Gasteiger charge is -2.24. The Bertz CT molecular complexity index is 438. The molecule has 6 heteroatoms. The zero-order valence-corrected chi connectivity index (χ0v) is 10.7. The fraction of sp³-hybridized carbons (Fsp3) is 0.462. The van der Waals surface area contributed by atoms with Crippen LogP contribution in [0.3, 0.4) is 0 Å². The average molecular weight is 275 g/mol. The number of hydrogen-bond acceptors (Lipinski definition) is 2. The molecule has 0 fully saturated rings. The first-order valence-corrected chi connectivity index (χ1v) is 5.77. The SMILES string of the molecule is CC(C)(C(=O)NCCC(F)(F)F)c1ccc(O)cc1. The number of carbonyl (C=O) groups excluding carboxylic acids is 1. The third-order valence-corrected chi connectivity index (χ3v) is 2.85. The maximum atomic E-state index is 12.0. The zero-order chi connectivity index (χ0) is 14.7. The number of rotatable bonds is 4. The van der Waals surface area contributed by atoms with E-state index in [4.69, 9.17) is 5.11 Å². The normalized spacial score (nSPS) is 12.3. The first-order valence-electron chi connectivity index (χ1n) is 5.77. The Kier molecular flexibility index (Phi) is 4.44. The summed E-state index contributed by atoms with van der Waals surface area (Å²) in [6, 6.07) is 6.00. The summed E-state index contributed by atoms with van der Waals surface area (Å²) in [4.78, 5) is 11.9. The second-order valence-electron chi connectivity index (χ2n) is 4.79. The van der Waals surface area contributed by atoms with E-state index in [1.165, 1.54) is 12.1 Å². The molecule has 0 radical (unpaired) electrons. The molecule has 0 bridgehead atoms. The van der Waals surface area contributed by atoms with Gasteiger partial charge in [-0.3, -0.25) is 4.79 Å². The Hall–Kier alpha value is -1.72. The number of nitrogens with one attached hydrogen (secondary N) is 1. The molecule has 0 spiro atoms. The van der Waals surface area contributed by atoms with E-state index in [2.05, 4.69) is 5.32 Å². The highest BCUT2D eigenvalue weighted by atomic mass is 19.4. The van der Waals surface area contributed by atoms with Crippen LogP contribution in [0.4, 0.5) is 13.2 Å². The molecule has 1 rings (SSSR count). The van der Waals surface area contributed by atoms with Gasteiger partial charge in [-0.05, 0) is 31.5 Å². The topological polar surface area (TPSA) is 49.3 Å². The van der Waals surface area contributed by atoms with Gasteiger partial charge >= 0.3 is 6.18 Å². The molecule has 0 aliphatic heterocycles. The number of alkyl halides is 3. The number of halogens is 3. The summed E-state index contributed by atoms with van der Waals surface area (Å²) in [5, 5.41) is 11.4. The van der Waals surface area contributed by atoms with E-state index >= 15 is 0 Å². The van der Waals surface area contributed by atoms with E-state index in [1.54, 1.807) is 26.0 Å². The molecule has 106 valence electrons. The zero-order valence-electron chi connectivity index (χ0n) is 10.7. The molecule has 2 N–H and O–H groups in total. The van der Waals surface area contributed by atoms with E-state index < -0.39 is 30.5 Å². The Morgan fingerprint density at radius 1 is 1.21 bits per heavy atom. The molecule has 0 saturated heterocycles. The van der Waals surface area contributed by atoms with Gasteiger partial charge in [0.25, 0.3) is 0 Å². The van der Waals surface area contributed by atoms with Crippen LogP contribution in [0.5, 0.6) is 5.75 Å². The van der Waals surface area contributed by atoms with Crippen LogP contribution < -0.4 is 5.32 Å². The molecule has 19 heavy (non-hydrogen) atoms. The van der Waals surface area contributed by atoms with Gasteiger partial charge in [0.15, 0.2) is 0 Å². The van der Waals surface area contributed by atoms with Crippen molar-refractivity contribution in [1.82, 2.24) is 5.32 Å². The number of phenolic OH excluding ortho intramolecular Hbond substituents is 1.